The van der Waals surface area contributed by atoms with Crippen LogP contribution in [0.15, 0.2) is 47.5 Å². The molecule has 0 aromatic heterocycles. The molecule has 0 radical (unpaired) electrons. The summed E-state index contributed by atoms with van der Waals surface area (Å²) in [6.07, 6.45) is 1.66. The molecule has 0 bridgehead atoms. The number of piperazine rings is 1. The van der Waals surface area contributed by atoms with E-state index in [0.29, 0.717) is 11.3 Å². The highest BCUT2D eigenvalue weighted by atomic mass is 16.5. The van der Waals surface area contributed by atoms with E-state index in [0.717, 1.165) is 38.4 Å². The molecule has 0 amide bonds. The molecule has 2 aromatic rings. The Morgan fingerprint density at radius 1 is 1.08 bits per heavy atom. The summed E-state index contributed by atoms with van der Waals surface area (Å²) in [6.45, 7) is 7.69. The van der Waals surface area contributed by atoms with Gasteiger partial charge in [-0.05, 0) is 49.0 Å². The molecule has 1 fully saturated rings. The van der Waals surface area contributed by atoms with Gasteiger partial charge in [0.25, 0.3) is 0 Å². The van der Waals surface area contributed by atoms with Gasteiger partial charge in [0.15, 0.2) is 0 Å². The minimum Gasteiger partial charge on any atom is -0.507 e. The van der Waals surface area contributed by atoms with Crippen molar-refractivity contribution in [1.29, 1.82) is 0 Å². The number of phenolic OH excluding ortho intramolecular Hbond substituents is 1. The summed E-state index contributed by atoms with van der Waals surface area (Å²) >= 11 is 0. The van der Waals surface area contributed by atoms with Crippen molar-refractivity contribution in [2.24, 2.45) is 4.99 Å². The summed E-state index contributed by atoms with van der Waals surface area (Å²) in [5, 5.41) is 9.91. The first kappa shape index (κ1) is 17.3. The molecule has 0 atom stereocenters. The summed E-state index contributed by atoms with van der Waals surface area (Å²) < 4.78 is 5.18. The highest BCUT2D eigenvalue weighted by Gasteiger charge is 2.15. The molecule has 0 aliphatic carbocycles. The maximum absolute atomic E-state index is 9.91. The van der Waals surface area contributed by atoms with Gasteiger partial charge < -0.3 is 19.6 Å². The third-order valence-electron chi connectivity index (χ3n) is 4.62. The Labute approximate surface area is 149 Å². The third-order valence-corrected chi connectivity index (χ3v) is 4.62. The van der Waals surface area contributed by atoms with Crippen molar-refractivity contribution < 1.29 is 9.84 Å². The van der Waals surface area contributed by atoms with E-state index in [1.54, 1.807) is 31.5 Å². The summed E-state index contributed by atoms with van der Waals surface area (Å²) in [5.41, 5.74) is 2.73. The second kappa shape index (κ2) is 8.03. The standard InChI is InChI=1S/C20H25N3O2/c1-3-22-10-12-23(13-11-22)18-6-4-17(5-7-18)21-15-16-14-19(25-2)8-9-20(16)24/h4-9,14-15,24H,3,10-13H2,1-2H3. The number of likely N-dealkylation sites (N-methyl/N-ethyl adjacent to an activating group) is 1. The van der Waals surface area contributed by atoms with Crippen LogP contribution in [-0.2, 0) is 0 Å². The van der Waals surface area contributed by atoms with Gasteiger partial charge in [0, 0.05) is 43.6 Å². The van der Waals surface area contributed by atoms with Gasteiger partial charge in [0.1, 0.15) is 11.5 Å². The van der Waals surface area contributed by atoms with Crippen molar-refractivity contribution in [1.82, 2.24) is 4.90 Å². The molecule has 1 saturated heterocycles. The van der Waals surface area contributed by atoms with Crippen LogP contribution in [0.1, 0.15) is 12.5 Å². The zero-order valence-electron chi connectivity index (χ0n) is 14.9. The lowest BCUT2D eigenvalue weighted by Crippen LogP contribution is -2.46. The molecular weight excluding hydrogens is 314 g/mol. The number of nitrogens with zero attached hydrogens (tertiary/aromatic N) is 3. The van der Waals surface area contributed by atoms with Crippen LogP contribution in [0, 0.1) is 0 Å². The van der Waals surface area contributed by atoms with Crippen molar-refractivity contribution in [3.63, 3.8) is 0 Å². The minimum atomic E-state index is 0.190. The first-order chi connectivity index (χ1) is 12.2. The van der Waals surface area contributed by atoms with Gasteiger partial charge in [-0.25, -0.2) is 0 Å². The number of methoxy groups -OCH3 is 1. The van der Waals surface area contributed by atoms with Crippen LogP contribution in [0.4, 0.5) is 11.4 Å². The Hall–Kier alpha value is -2.53. The fraction of sp³-hybridized carbons (Fsp3) is 0.350. The molecule has 1 aliphatic rings. The average molecular weight is 339 g/mol. The van der Waals surface area contributed by atoms with Gasteiger partial charge in [0.05, 0.1) is 12.8 Å². The van der Waals surface area contributed by atoms with Gasteiger partial charge in [-0.2, -0.15) is 0 Å². The quantitative estimate of drug-likeness (QED) is 0.849. The summed E-state index contributed by atoms with van der Waals surface area (Å²) in [4.78, 5) is 9.34. The largest absolute Gasteiger partial charge is 0.507 e. The number of phenols is 1. The van der Waals surface area contributed by atoms with Crippen molar-refractivity contribution in [2.45, 2.75) is 6.92 Å². The molecule has 0 spiro atoms. The second-order valence-electron chi connectivity index (χ2n) is 6.12. The molecule has 5 heteroatoms. The molecule has 0 saturated carbocycles. The molecule has 3 rings (SSSR count). The first-order valence-corrected chi connectivity index (χ1v) is 8.68. The molecule has 0 unspecified atom stereocenters. The predicted octanol–water partition coefficient (Wildman–Crippen LogP) is 3.29. The van der Waals surface area contributed by atoms with Gasteiger partial charge >= 0.3 is 0 Å². The maximum Gasteiger partial charge on any atom is 0.124 e. The van der Waals surface area contributed by atoms with Crippen molar-refractivity contribution in [2.75, 3.05) is 44.7 Å². The lowest BCUT2D eigenvalue weighted by molar-refractivity contribution is 0.271. The smallest absolute Gasteiger partial charge is 0.124 e. The number of hydrogen-bond acceptors (Lipinski definition) is 5. The van der Waals surface area contributed by atoms with E-state index in [1.165, 1.54) is 5.69 Å². The fourth-order valence-corrected chi connectivity index (χ4v) is 2.98. The van der Waals surface area contributed by atoms with Crippen LogP contribution >= 0.6 is 0 Å². The fourth-order valence-electron chi connectivity index (χ4n) is 2.98. The SMILES string of the molecule is CCN1CCN(c2ccc(N=Cc3cc(OC)ccc3O)cc2)CC1. The van der Waals surface area contributed by atoms with Gasteiger partial charge in [-0.15, -0.1) is 0 Å². The van der Waals surface area contributed by atoms with Gasteiger partial charge in [-0.1, -0.05) is 6.92 Å². The molecule has 2 aromatic carbocycles. The number of aliphatic imine (C=N–C) groups is 1. The van der Waals surface area contributed by atoms with E-state index < -0.39 is 0 Å². The highest BCUT2D eigenvalue weighted by Crippen LogP contribution is 2.24. The Bertz CT molecular complexity index is 720. The number of anilines is 1. The Morgan fingerprint density at radius 3 is 2.44 bits per heavy atom. The normalized spacial score (nSPS) is 15.7. The monoisotopic (exact) mass is 339 g/mol. The van der Waals surface area contributed by atoms with E-state index in [2.05, 4.69) is 33.8 Å². The molecule has 132 valence electrons. The van der Waals surface area contributed by atoms with Crippen LogP contribution < -0.4 is 9.64 Å². The zero-order valence-corrected chi connectivity index (χ0v) is 14.9. The maximum atomic E-state index is 9.91. The number of aromatic hydroxyl groups is 1. The number of benzene rings is 2. The number of hydrogen-bond donors (Lipinski definition) is 1. The summed E-state index contributed by atoms with van der Waals surface area (Å²) in [5.74, 6) is 0.885. The summed E-state index contributed by atoms with van der Waals surface area (Å²) in [6, 6.07) is 13.3. The highest BCUT2D eigenvalue weighted by molar-refractivity contribution is 5.86. The Morgan fingerprint density at radius 2 is 1.80 bits per heavy atom. The van der Waals surface area contributed by atoms with Gasteiger partial charge in [0.2, 0.25) is 0 Å². The van der Waals surface area contributed by atoms with E-state index in [9.17, 15) is 5.11 Å². The van der Waals surface area contributed by atoms with E-state index in [-0.39, 0.29) is 5.75 Å². The topological polar surface area (TPSA) is 48.3 Å². The van der Waals surface area contributed by atoms with Crippen LogP contribution in [0.3, 0.4) is 0 Å². The van der Waals surface area contributed by atoms with Crippen LogP contribution in [0.5, 0.6) is 11.5 Å². The van der Waals surface area contributed by atoms with E-state index in [1.807, 2.05) is 12.1 Å². The van der Waals surface area contributed by atoms with Crippen molar-refractivity contribution >= 4 is 17.6 Å². The van der Waals surface area contributed by atoms with E-state index >= 15 is 0 Å². The molecular formula is C20H25N3O2. The average Bonchev–Trinajstić information content (AvgIpc) is 2.68. The van der Waals surface area contributed by atoms with Gasteiger partial charge in [-0.3, -0.25) is 4.99 Å². The van der Waals surface area contributed by atoms with Crippen LogP contribution in [0.25, 0.3) is 0 Å². The minimum absolute atomic E-state index is 0.190. The van der Waals surface area contributed by atoms with Crippen LogP contribution in [0.2, 0.25) is 0 Å². The molecule has 5 nitrogen and oxygen atoms in total. The number of rotatable bonds is 5. The number of ether oxygens (including phenoxy) is 1. The summed E-state index contributed by atoms with van der Waals surface area (Å²) in [7, 11) is 1.60. The van der Waals surface area contributed by atoms with Crippen molar-refractivity contribution in [3.8, 4) is 11.5 Å². The first-order valence-electron chi connectivity index (χ1n) is 8.68. The molecule has 1 aliphatic heterocycles. The predicted molar refractivity (Wildman–Crippen MR) is 103 cm³/mol. The molecule has 25 heavy (non-hydrogen) atoms. The lowest BCUT2D eigenvalue weighted by Gasteiger charge is -2.35. The Balaban J connectivity index is 1.67. The zero-order chi connectivity index (χ0) is 17.6. The molecule has 1 heterocycles. The Kier molecular flexibility index (Phi) is 5.56. The second-order valence-corrected chi connectivity index (χ2v) is 6.12. The lowest BCUT2D eigenvalue weighted by atomic mass is 10.2. The third kappa shape index (κ3) is 4.31. The molecule has 1 N–H and O–H groups in total. The van der Waals surface area contributed by atoms with Crippen molar-refractivity contribution in [3.05, 3.63) is 48.0 Å². The van der Waals surface area contributed by atoms with Crippen LogP contribution in [-0.4, -0.2) is 56.1 Å². The van der Waals surface area contributed by atoms with E-state index in [4.69, 9.17) is 4.74 Å².